The third-order valence-corrected chi connectivity index (χ3v) is 4.04. The van der Waals surface area contributed by atoms with E-state index < -0.39 is 5.97 Å². The van der Waals surface area contributed by atoms with E-state index in [2.05, 4.69) is 15.3 Å². The molecule has 1 amide bonds. The lowest BCUT2D eigenvalue weighted by atomic mass is 10.1. The molecule has 3 N–H and O–H groups in total. The number of carbonyl (C=O) groups is 3. The van der Waals surface area contributed by atoms with Gasteiger partial charge in [-0.15, -0.1) is 11.3 Å². The zero-order chi connectivity index (χ0) is 16.4. The van der Waals surface area contributed by atoms with Gasteiger partial charge in [-0.1, -0.05) is 0 Å². The van der Waals surface area contributed by atoms with Gasteiger partial charge in [0.25, 0.3) is 5.91 Å². The lowest BCUT2D eigenvalue weighted by molar-refractivity contribution is 0.0690. The van der Waals surface area contributed by atoms with Gasteiger partial charge in [0.15, 0.2) is 11.5 Å². The van der Waals surface area contributed by atoms with Crippen LogP contribution in [0.1, 0.15) is 54.5 Å². The number of aromatic amines is 1. The molecule has 0 unspecified atom stereocenters. The highest BCUT2D eigenvalue weighted by molar-refractivity contribution is 7.09. The van der Waals surface area contributed by atoms with Gasteiger partial charge >= 0.3 is 5.97 Å². The normalized spacial score (nSPS) is 10.5. The Morgan fingerprint density at radius 3 is 2.55 bits per heavy atom. The van der Waals surface area contributed by atoms with Crippen molar-refractivity contribution in [2.24, 2.45) is 0 Å². The average Bonchev–Trinajstić information content (AvgIpc) is 3.01. The fourth-order valence-corrected chi connectivity index (χ4v) is 2.95. The molecule has 0 aromatic carbocycles. The molecule has 2 rings (SSSR count). The molecule has 22 heavy (non-hydrogen) atoms. The Kier molecular flexibility index (Phi) is 4.41. The third kappa shape index (κ3) is 3.06. The Balaban J connectivity index is 2.11. The van der Waals surface area contributed by atoms with Crippen LogP contribution < -0.4 is 5.32 Å². The smallest absolute Gasteiger partial charge is 0.355 e. The molecule has 0 radical (unpaired) electrons. The number of thiazole rings is 1. The van der Waals surface area contributed by atoms with Crippen LogP contribution in [0.15, 0.2) is 5.38 Å². The number of carbonyl (C=O) groups excluding carboxylic acids is 2. The number of carboxylic acids is 1. The number of aromatic carboxylic acids is 1. The van der Waals surface area contributed by atoms with Crippen molar-refractivity contribution in [3.05, 3.63) is 38.6 Å². The minimum atomic E-state index is -1.10. The Labute approximate surface area is 130 Å². The van der Waals surface area contributed by atoms with Gasteiger partial charge in [-0.3, -0.25) is 9.59 Å². The largest absolute Gasteiger partial charge is 0.476 e. The third-order valence-electron chi connectivity index (χ3n) is 3.19. The van der Waals surface area contributed by atoms with Crippen LogP contribution in [-0.4, -0.2) is 32.7 Å². The number of aromatic nitrogens is 2. The van der Waals surface area contributed by atoms with Crippen LogP contribution in [0.4, 0.5) is 0 Å². The number of carboxylic acid groups (broad SMARTS) is 1. The molecule has 0 bridgehead atoms. The van der Waals surface area contributed by atoms with Crippen LogP contribution in [0.5, 0.6) is 0 Å². The van der Waals surface area contributed by atoms with Crippen molar-refractivity contribution in [2.45, 2.75) is 27.3 Å². The molecule has 116 valence electrons. The second-order valence-electron chi connectivity index (χ2n) is 4.80. The number of nitrogens with one attached hydrogen (secondary N) is 2. The molecule has 2 aromatic rings. The van der Waals surface area contributed by atoms with Gasteiger partial charge in [0.1, 0.15) is 10.7 Å². The van der Waals surface area contributed by atoms with Crippen molar-refractivity contribution in [2.75, 3.05) is 0 Å². The highest BCUT2D eigenvalue weighted by Gasteiger charge is 2.20. The van der Waals surface area contributed by atoms with E-state index in [0.29, 0.717) is 27.5 Å². The molecule has 0 saturated heterocycles. The number of Topliss-reactive ketones (excluding diaryl/α,β-unsaturated/α-hetero) is 1. The number of nitrogens with zero attached hydrogens (tertiary/aromatic N) is 1. The van der Waals surface area contributed by atoms with Gasteiger partial charge < -0.3 is 15.4 Å². The SMILES string of the molecule is CC(=O)c1c(C)[nH]c(C(=O)NCc2nc(C(=O)O)cs2)c1C. The van der Waals surface area contributed by atoms with Crippen molar-refractivity contribution in [1.29, 1.82) is 0 Å². The molecule has 0 fully saturated rings. The van der Waals surface area contributed by atoms with Crippen LogP contribution in [-0.2, 0) is 6.54 Å². The minimum Gasteiger partial charge on any atom is -0.476 e. The summed E-state index contributed by atoms with van der Waals surface area (Å²) in [5.74, 6) is -1.56. The Bertz CT molecular complexity index is 760. The maximum Gasteiger partial charge on any atom is 0.355 e. The number of amides is 1. The topological polar surface area (TPSA) is 112 Å². The van der Waals surface area contributed by atoms with Crippen LogP contribution in [0.3, 0.4) is 0 Å². The van der Waals surface area contributed by atoms with Crippen molar-refractivity contribution >= 4 is 29.0 Å². The number of rotatable bonds is 5. The summed E-state index contributed by atoms with van der Waals surface area (Å²) >= 11 is 1.16. The summed E-state index contributed by atoms with van der Waals surface area (Å²) in [6.07, 6.45) is 0. The molecular formula is C14H15N3O4S. The van der Waals surface area contributed by atoms with Gasteiger partial charge in [-0.05, 0) is 26.3 Å². The van der Waals surface area contributed by atoms with E-state index in [0.717, 1.165) is 11.3 Å². The summed E-state index contributed by atoms with van der Waals surface area (Å²) in [7, 11) is 0. The molecule has 2 heterocycles. The summed E-state index contributed by atoms with van der Waals surface area (Å²) in [6.45, 7) is 5.03. The van der Waals surface area contributed by atoms with Gasteiger partial charge in [0.2, 0.25) is 0 Å². The monoisotopic (exact) mass is 321 g/mol. The molecule has 0 aliphatic heterocycles. The molecule has 0 aliphatic carbocycles. The van der Waals surface area contributed by atoms with Crippen molar-refractivity contribution in [3.8, 4) is 0 Å². The second kappa shape index (κ2) is 6.10. The van der Waals surface area contributed by atoms with Crippen LogP contribution in [0.2, 0.25) is 0 Å². The summed E-state index contributed by atoms with van der Waals surface area (Å²) in [6, 6.07) is 0. The molecule has 7 nitrogen and oxygen atoms in total. The van der Waals surface area contributed by atoms with E-state index in [-0.39, 0.29) is 23.9 Å². The quantitative estimate of drug-likeness (QED) is 0.728. The molecule has 0 atom stereocenters. The molecule has 2 aromatic heterocycles. The Morgan fingerprint density at radius 2 is 2.05 bits per heavy atom. The van der Waals surface area contributed by atoms with E-state index in [1.807, 2.05) is 0 Å². The summed E-state index contributed by atoms with van der Waals surface area (Å²) in [4.78, 5) is 41.3. The number of H-pyrrole nitrogens is 1. The number of ketones is 1. The summed E-state index contributed by atoms with van der Waals surface area (Å²) in [5, 5.41) is 13.4. The van der Waals surface area contributed by atoms with Gasteiger partial charge in [-0.25, -0.2) is 9.78 Å². The van der Waals surface area contributed by atoms with Crippen molar-refractivity contribution in [3.63, 3.8) is 0 Å². The Morgan fingerprint density at radius 1 is 1.36 bits per heavy atom. The van der Waals surface area contributed by atoms with Crippen LogP contribution >= 0.6 is 11.3 Å². The predicted octanol–water partition coefficient (Wildman–Crippen LogP) is 1.92. The van der Waals surface area contributed by atoms with E-state index in [1.54, 1.807) is 13.8 Å². The number of hydrogen-bond donors (Lipinski definition) is 3. The molecule has 0 saturated carbocycles. The first kappa shape index (κ1) is 15.9. The van der Waals surface area contributed by atoms with Crippen LogP contribution in [0, 0.1) is 13.8 Å². The first-order valence-corrected chi connectivity index (χ1v) is 7.35. The van der Waals surface area contributed by atoms with Gasteiger partial charge in [0.05, 0.1) is 6.54 Å². The maximum atomic E-state index is 12.2. The first-order chi connectivity index (χ1) is 10.3. The van der Waals surface area contributed by atoms with Gasteiger partial charge in [-0.2, -0.15) is 0 Å². The van der Waals surface area contributed by atoms with E-state index >= 15 is 0 Å². The molecule has 0 aliphatic rings. The standard InChI is InChI=1S/C14H15N3O4S/c1-6-11(8(3)18)7(2)16-12(6)13(19)15-4-10-17-9(5-22-10)14(20)21/h5,16H,4H2,1-3H3,(H,15,19)(H,20,21). The van der Waals surface area contributed by atoms with Crippen molar-refractivity contribution < 1.29 is 19.5 Å². The zero-order valence-electron chi connectivity index (χ0n) is 12.3. The fourth-order valence-electron chi connectivity index (χ4n) is 2.24. The molecular weight excluding hydrogens is 306 g/mol. The van der Waals surface area contributed by atoms with Gasteiger partial charge in [0, 0.05) is 16.6 Å². The van der Waals surface area contributed by atoms with E-state index in [9.17, 15) is 14.4 Å². The number of aryl methyl sites for hydroxylation is 1. The number of hydrogen-bond acceptors (Lipinski definition) is 5. The highest BCUT2D eigenvalue weighted by atomic mass is 32.1. The van der Waals surface area contributed by atoms with Crippen LogP contribution in [0.25, 0.3) is 0 Å². The lowest BCUT2D eigenvalue weighted by Crippen LogP contribution is -2.24. The molecule has 0 spiro atoms. The Hall–Kier alpha value is -2.48. The molecule has 8 heteroatoms. The van der Waals surface area contributed by atoms with E-state index in [1.165, 1.54) is 12.3 Å². The lowest BCUT2D eigenvalue weighted by Gasteiger charge is -2.02. The highest BCUT2D eigenvalue weighted by Crippen LogP contribution is 2.18. The second-order valence-corrected chi connectivity index (χ2v) is 5.74. The maximum absolute atomic E-state index is 12.2. The first-order valence-electron chi connectivity index (χ1n) is 6.47. The fraction of sp³-hybridized carbons (Fsp3) is 0.286. The zero-order valence-corrected chi connectivity index (χ0v) is 13.1. The minimum absolute atomic E-state index is 0.0417. The van der Waals surface area contributed by atoms with E-state index in [4.69, 9.17) is 5.11 Å². The summed E-state index contributed by atoms with van der Waals surface area (Å²) in [5.41, 5.74) is 2.07. The average molecular weight is 321 g/mol. The summed E-state index contributed by atoms with van der Waals surface area (Å²) < 4.78 is 0. The van der Waals surface area contributed by atoms with Crippen molar-refractivity contribution in [1.82, 2.24) is 15.3 Å². The predicted molar refractivity (Wildman–Crippen MR) is 80.5 cm³/mol.